The molecule has 0 saturated heterocycles. The van der Waals surface area contributed by atoms with Crippen molar-refractivity contribution >= 4 is 38.9 Å². The van der Waals surface area contributed by atoms with E-state index in [1.54, 1.807) is 13.0 Å². The van der Waals surface area contributed by atoms with E-state index in [-0.39, 0.29) is 10.6 Å². The van der Waals surface area contributed by atoms with Gasteiger partial charge in [-0.1, -0.05) is 33.6 Å². The summed E-state index contributed by atoms with van der Waals surface area (Å²) in [5.74, 6) is 0. The van der Waals surface area contributed by atoms with E-state index in [1.165, 1.54) is 0 Å². The summed E-state index contributed by atoms with van der Waals surface area (Å²) in [5.41, 5.74) is 3.41. The van der Waals surface area contributed by atoms with Gasteiger partial charge in [-0.25, -0.2) is 0 Å². The smallest absolute Gasteiger partial charge is 0.274 e. The van der Waals surface area contributed by atoms with Crippen molar-refractivity contribution in [2.75, 3.05) is 5.32 Å². The van der Waals surface area contributed by atoms with Crippen molar-refractivity contribution in [3.8, 4) is 0 Å². The number of hydrogen-bond acceptors (Lipinski definition) is 3. The molecule has 0 amide bonds. The van der Waals surface area contributed by atoms with E-state index < -0.39 is 0 Å². The van der Waals surface area contributed by atoms with Crippen LogP contribution in [0.15, 0.2) is 34.8 Å². The summed E-state index contributed by atoms with van der Waals surface area (Å²) in [7, 11) is 0. The molecule has 4 nitrogen and oxygen atoms in total. The maximum absolute atomic E-state index is 11.0. The van der Waals surface area contributed by atoms with Gasteiger partial charge in [-0.2, -0.15) is 0 Å². The van der Waals surface area contributed by atoms with Crippen LogP contribution in [-0.4, -0.2) is 4.92 Å². The first kappa shape index (κ1) is 15.8. The first-order chi connectivity index (χ1) is 9.88. The molecule has 1 N–H and O–H groups in total. The van der Waals surface area contributed by atoms with Crippen molar-refractivity contribution in [2.24, 2.45) is 0 Å². The Bertz CT molecular complexity index is 704. The van der Waals surface area contributed by atoms with Gasteiger partial charge in [0.05, 0.1) is 4.92 Å². The van der Waals surface area contributed by atoms with Crippen molar-refractivity contribution < 1.29 is 4.92 Å². The highest BCUT2D eigenvalue weighted by Gasteiger charge is 2.13. The van der Waals surface area contributed by atoms with Crippen LogP contribution in [0.2, 0.25) is 5.02 Å². The fourth-order valence-electron chi connectivity index (χ4n) is 2.08. The standard InChI is InChI=1S/C15H14BrClN2O2/c1-9-5-10(2)15(19(20)21)7-14(9)18-8-11-3-4-12(16)6-13(11)17/h3-7,18H,8H2,1-2H3. The first-order valence-corrected chi connectivity index (χ1v) is 7.49. The van der Waals surface area contributed by atoms with E-state index in [2.05, 4.69) is 21.2 Å². The summed E-state index contributed by atoms with van der Waals surface area (Å²) < 4.78 is 0.915. The van der Waals surface area contributed by atoms with Crippen LogP contribution in [0.3, 0.4) is 0 Å². The maximum Gasteiger partial charge on any atom is 0.274 e. The molecule has 6 heteroatoms. The van der Waals surface area contributed by atoms with E-state index in [9.17, 15) is 10.1 Å². The lowest BCUT2D eigenvalue weighted by molar-refractivity contribution is -0.385. The molecule has 0 saturated carbocycles. The molecule has 0 aliphatic carbocycles. The van der Waals surface area contributed by atoms with Gasteiger partial charge < -0.3 is 5.32 Å². The third-order valence-corrected chi connectivity index (χ3v) is 4.07. The van der Waals surface area contributed by atoms with Crippen molar-refractivity contribution in [1.82, 2.24) is 0 Å². The number of nitro groups is 1. The topological polar surface area (TPSA) is 55.2 Å². The molecule has 0 bridgehead atoms. The Kier molecular flexibility index (Phi) is 4.85. The van der Waals surface area contributed by atoms with Crippen LogP contribution in [0.4, 0.5) is 11.4 Å². The second-order valence-corrected chi connectivity index (χ2v) is 6.12. The summed E-state index contributed by atoms with van der Waals surface area (Å²) in [6, 6.07) is 9.02. The Morgan fingerprint density at radius 2 is 1.95 bits per heavy atom. The predicted molar refractivity (Wildman–Crippen MR) is 89.0 cm³/mol. The zero-order valence-electron chi connectivity index (χ0n) is 11.6. The van der Waals surface area contributed by atoms with Crippen LogP contribution >= 0.6 is 27.5 Å². The molecule has 0 aromatic heterocycles. The van der Waals surface area contributed by atoms with Crippen molar-refractivity contribution in [2.45, 2.75) is 20.4 Å². The van der Waals surface area contributed by atoms with Crippen LogP contribution in [-0.2, 0) is 6.54 Å². The van der Waals surface area contributed by atoms with E-state index in [0.29, 0.717) is 17.1 Å². The summed E-state index contributed by atoms with van der Waals surface area (Å²) in [6.45, 7) is 4.16. The molecule has 110 valence electrons. The number of rotatable bonds is 4. The van der Waals surface area contributed by atoms with Gasteiger partial charge in [0.15, 0.2) is 0 Å². The fraction of sp³-hybridized carbons (Fsp3) is 0.200. The Morgan fingerprint density at radius 3 is 2.57 bits per heavy atom. The first-order valence-electron chi connectivity index (χ1n) is 6.32. The predicted octanol–water partition coefficient (Wildman–Crippen LogP) is 5.24. The third-order valence-electron chi connectivity index (χ3n) is 3.22. The zero-order valence-corrected chi connectivity index (χ0v) is 14.0. The molecule has 0 unspecified atom stereocenters. The Morgan fingerprint density at radius 1 is 1.24 bits per heavy atom. The van der Waals surface area contributed by atoms with Gasteiger partial charge in [0.2, 0.25) is 0 Å². The summed E-state index contributed by atoms with van der Waals surface area (Å²) in [4.78, 5) is 10.6. The van der Waals surface area contributed by atoms with Gasteiger partial charge in [0.25, 0.3) is 5.69 Å². The van der Waals surface area contributed by atoms with Crippen LogP contribution in [0.5, 0.6) is 0 Å². The Balaban J connectivity index is 2.23. The van der Waals surface area contributed by atoms with Crippen molar-refractivity contribution in [3.05, 3.63) is 66.6 Å². The number of halogens is 2. The minimum absolute atomic E-state index is 0.116. The SMILES string of the molecule is Cc1cc(C)c([N+](=O)[O-])cc1NCc1ccc(Br)cc1Cl. The molecule has 21 heavy (non-hydrogen) atoms. The molecular weight excluding hydrogens is 356 g/mol. The summed E-state index contributed by atoms with van der Waals surface area (Å²) in [5, 5.41) is 14.9. The molecular formula is C15H14BrClN2O2. The molecule has 0 heterocycles. The van der Waals surface area contributed by atoms with Gasteiger partial charge in [0.1, 0.15) is 0 Å². The van der Waals surface area contributed by atoms with E-state index in [1.807, 2.05) is 31.2 Å². The van der Waals surface area contributed by atoms with E-state index >= 15 is 0 Å². The lowest BCUT2D eigenvalue weighted by Crippen LogP contribution is -2.03. The molecule has 0 radical (unpaired) electrons. The number of aryl methyl sites for hydroxylation is 2. The van der Waals surface area contributed by atoms with E-state index in [0.717, 1.165) is 21.3 Å². The van der Waals surface area contributed by atoms with Crippen molar-refractivity contribution in [3.63, 3.8) is 0 Å². The minimum atomic E-state index is -0.368. The highest BCUT2D eigenvalue weighted by molar-refractivity contribution is 9.10. The van der Waals surface area contributed by atoms with Gasteiger partial charge in [-0.3, -0.25) is 10.1 Å². The quantitative estimate of drug-likeness (QED) is 0.592. The molecule has 0 spiro atoms. The van der Waals surface area contributed by atoms with Crippen LogP contribution < -0.4 is 5.32 Å². The van der Waals surface area contributed by atoms with Crippen LogP contribution in [0.1, 0.15) is 16.7 Å². The molecule has 0 aliphatic heterocycles. The highest BCUT2D eigenvalue weighted by Crippen LogP contribution is 2.28. The lowest BCUT2D eigenvalue weighted by Gasteiger charge is -2.12. The molecule has 2 aromatic rings. The fourth-order valence-corrected chi connectivity index (χ4v) is 2.82. The number of nitrogens with zero attached hydrogens (tertiary/aromatic N) is 1. The summed E-state index contributed by atoms with van der Waals surface area (Å²) in [6.07, 6.45) is 0. The van der Waals surface area contributed by atoms with Gasteiger partial charge in [-0.05, 0) is 43.2 Å². The van der Waals surface area contributed by atoms with E-state index in [4.69, 9.17) is 11.6 Å². The highest BCUT2D eigenvalue weighted by atomic mass is 79.9. The third kappa shape index (κ3) is 3.74. The molecule has 0 fully saturated rings. The van der Waals surface area contributed by atoms with Gasteiger partial charge in [0, 0.05) is 33.4 Å². The number of nitro benzene ring substituents is 1. The number of anilines is 1. The average molecular weight is 370 g/mol. The maximum atomic E-state index is 11.0. The lowest BCUT2D eigenvalue weighted by atomic mass is 10.1. The second kappa shape index (κ2) is 6.45. The van der Waals surface area contributed by atoms with Crippen molar-refractivity contribution in [1.29, 1.82) is 0 Å². The summed E-state index contributed by atoms with van der Waals surface area (Å²) >= 11 is 9.52. The number of nitrogens with one attached hydrogen (secondary N) is 1. The monoisotopic (exact) mass is 368 g/mol. The van der Waals surface area contributed by atoms with Crippen LogP contribution in [0.25, 0.3) is 0 Å². The molecule has 2 aromatic carbocycles. The molecule has 0 atom stereocenters. The average Bonchev–Trinajstić information content (AvgIpc) is 2.39. The molecule has 0 aliphatic rings. The zero-order chi connectivity index (χ0) is 15.6. The van der Waals surface area contributed by atoms with Gasteiger partial charge in [-0.15, -0.1) is 0 Å². The normalized spacial score (nSPS) is 10.5. The van der Waals surface area contributed by atoms with Gasteiger partial charge >= 0.3 is 0 Å². The van der Waals surface area contributed by atoms with Crippen LogP contribution in [0, 0.1) is 24.0 Å². The largest absolute Gasteiger partial charge is 0.380 e. The number of benzene rings is 2. The number of hydrogen-bond donors (Lipinski definition) is 1. The minimum Gasteiger partial charge on any atom is -0.380 e. The Hall–Kier alpha value is -1.59. The Labute approximate surface area is 136 Å². The second-order valence-electron chi connectivity index (χ2n) is 4.80. The molecule has 2 rings (SSSR count).